The molecule has 0 aliphatic carbocycles. The predicted octanol–water partition coefficient (Wildman–Crippen LogP) is 11.3. The molecule has 12 rings (SSSR count). The third kappa shape index (κ3) is 4.77. The first-order valence-corrected chi connectivity index (χ1v) is 18.7. The monoisotopic (exact) mass is 821 g/mol. The van der Waals surface area contributed by atoms with Gasteiger partial charge >= 0.3 is 20.4 Å². The number of hydrogen-bond donors (Lipinski definition) is 0. The Balaban J connectivity index is 0.00000374. The second kappa shape index (κ2) is 12.8. The molecule has 6 heterocycles. The summed E-state index contributed by atoms with van der Waals surface area (Å²) < 4.78 is 11.0. The van der Waals surface area contributed by atoms with Crippen LogP contribution in [0.25, 0.3) is 66.3 Å². The number of nitrogens with zero attached hydrogens (tertiary/aromatic N) is 5. The molecule has 0 N–H and O–H groups in total. The topological polar surface area (TPSA) is 57.2 Å². The summed E-state index contributed by atoms with van der Waals surface area (Å²) in [5.41, 5.74) is 10.7. The Labute approximate surface area is 341 Å². The third-order valence-electron chi connectivity index (χ3n) is 11.3. The molecular formula is C50H29N5OPd. The maximum absolute atomic E-state index is 6.66. The molecule has 7 heteroatoms. The number of ether oxygens (including phenoxy) is 1. The molecule has 0 saturated carbocycles. The summed E-state index contributed by atoms with van der Waals surface area (Å²) in [5, 5.41) is 4.01. The van der Waals surface area contributed by atoms with Crippen molar-refractivity contribution in [2.24, 2.45) is 0 Å². The molecule has 0 unspecified atom stereocenters. The van der Waals surface area contributed by atoms with Gasteiger partial charge in [-0.25, -0.2) is 4.98 Å². The van der Waals surface area contributed by atoms with E-state index in [1.165, 1.54) is 16.7 Å². The molecule has 11 aromatic rings. The molecule has 0 radical (unpaired) electrons. The number of pyridine rings is 3. The summed E-state index contributed by atoms with van der Waals surface area (Å²) in [7, 11) is 0. The van der Waals surface area contributed by atoms with Crippen LogP contribution in [0.2, 0.25) is 0 Å². The summed E-state index contributed by atoms with van der Waals surface area (Å²) in [6.07, 6.45) is 5.78. The standard InChI is InChI=1S/C50H29N5O.Pd/c1-4-13-32(14-5-1)43-31-54-44-22-12-27-51-46(44)38-26-24-35(29-40(38)48(54)53-43)56-36-23-25-37-39-19-10-20-41-47(39)55(45(37)30-36)49-42(21-11-28-52-49)50(41,33-15-6-2-7-16-33)34-17-8-3-9-18-34;/h1-28,31H;/q-2;+2. The zero-order valence-corrected chi connectivity index (χ0v) is 31.8. The minimum absolute atomic E-state index is 0. The maximum atomic E-state index is 6.66. The summed E-state index contributed by atoms with van der Waals surface area (Å²) >= 11 is 0. The largest absolute Gasteiger partial charge is 2.00 e. The van der Waals surface area contributed by atoms with Crippen LogP contribution in [-0.4, -0.2) is 23.9 Å². The molecule has 57 heavy (non-hydrogen) atoms. The average molecular weight is 822 g/mol. The quantitative estimate of drug-likeness (QED) is 0.0986. The van der Waals surface area contributed by atoms with E-state index in [2.05, 4.69) is 143 Å². The van der Waals surface area contributed by atoms with E-state index in [0.717, 1.165) is 71.9 Å². The first kappa shape index (κ1) is 33.4. The van der Waals surface area contributed by atoms with Crippen LogP contribution in [0.5, 0.6) is 11.5 Å². The van der Waals surface area contributed by atoms with E-state index in [1.54, 1.807) is 0 Å². The van der Waals surface area contributed by atoms with Gasteiger partial charge in [0.1, 0.15) is 5.82 Å². The molecule has 1 aliphatic rings. The maximum Gasteiger partial charge on any atom is 2.00 e. The second-order valence-electron chi connectivity index (χ2n) is 14.2. The number of hydrogen-bond acceptors (Lipinski definition) is 4. The van der Waals surface area contributed by atoms with Crippen molar-refractivity contribution in [1.82, 2.24) is 23.9 Å². The Hall–Kier alpha value is -6.91. The molecule has 5 aromatic heterocycles. The number of imidazole rings is 1. The second-order valence-corrected chi connectivity index (χ2v) is 14.2. The summed E-state index contributed by atoms with van der Waals surface area (Å²) in [5.74, 6) is 2.02. The Bertz CT molecular complexity index is 3300. The van der Waals surface area contributed by atoms with Crippen molar-refractivity contribution in [3.8, 4) is 28.6 Å². The summed E-state index contributed by atoms with van der Waals surface area (Å²) in [6.45, 7) is 0. The van der Waals surface area contributed by atoms with Crippen molar-refractivity contribution in [2.45, 2.75) is 5.41 Å². The van der Waals surface area contributed by atoms with E-state index in [1.807, 2.05) is 54.9 Å². The smallest absolute Gasteiger partial charge is 0.503 e. The zero-order valence-electron chi connectivity index (χ0n) is 30.2. The minimum Gasteiger partial charge on any atom is -0.503 e. The van der Waals surface area contributed by atoms with Crippen LogP contribution in [0, 0.1) is 12.1 Å². The van der Waals surface area contributed by atoms with Gasteiger partial charge in [-0.1, -0.05) is 144 Å². The predicted molar refractivity (Wildman–Crippen MR) is 222 cm³/mol. The fraction of sp³-hybridized carbons (Fsp3) is 0.0200. The van der Waals surface area contributed by atoms with E-state index in [0.29, 0.717) is 11.5 Å². The van der Waals surface area contributed by atoms with Gasteiger partial charge < -0.3 is 13.7 Å². The molecule has 6 aromatic carbocycles. The summed E-state index contributed by atoms with van der Waals surface area (Å²) in [6, 6.07) is 62.2. The van der Waals surface area contributed by atoms with Crippen molar-refractivity contribution in [3.63, 3.8) is 0 Å². The Morgan fingerprint density at radius 2 is 1.23 bits per heavy atom. The summed E-state index contributed by atoms with van der Waals surface area (Å²) in [4.78, 5) is 15.0. The van der Waals surface area contributed by atoms with Gasteiger partial charge in [-0.3, -0.25) is 9.97 Å². The number of benzene rings is 6. The number of aromatic nitrogens is 5. The Morgan fingerprint density at radius 1 is 0.561 bits per heavy atom. The molecule has 0 fully saturated rings. The van der Waals surface area contributed by atoms with Crippen molar-refractivity contribution >= 4 is 49.3 Å². The molecule has 0 bridgehead atoms. The fourth-order valence-electron chi connectivity index (χ4n) is 9.04. The van der Waals surface area contributed by atoms with E-state index in [-0.39, 0.29) is 20.4 Å². The van der Waals surface area contributed by atoms with Crippen molar-refractivity contribution < 1.29 is 25.2 Å². The molecule has 0 atom stereocenters. The molecule has 1 aliphatic heterocycles. The molecular weight excluding hydrogens is 793 g/mol. The normalized spacial score (nSPS) is 12.9. The number of para-hydroxylation sites is 1. The van der Waals surface area contributed by atoms with Crippen LogP contribution in [0.1, 0.15) is 22.3 Å². The van der Waals surface area contributed by atoms with Crippen LogP contribution in [0.4, 0.5) is 0 Å². The molecule has 0 amide bonds. The first-order chi connectivity index (χ1) is 27.8. The third-order valence-corrected chi connectivity index (χ3v) is 11.3. The van der Waals surface area contributed by atoms with Crippen LogP contribution < -0.4 is 4.74 Å². The van der Waals surface area contributed by atoms with E-state index >= 15 is 0 Å². The van der Waals surface area contributed by atoms with Crippen molar-refractivity contribution in [3.05, 3.63) is 211 Å². The number of rotatable bonds is 5. The first-order valence-electron chi connectivity index (χ1n) is 18.7. The minimum atomic E-state index is -0.590. The van der Waals surface area contributed by atoms with Gasteiger partial charge in [-0.15, -0.1) is 23.6 Å². The zero-order chi connectivity index (χ0) is 36.8. The Kier molecular flexibility index (Phi) is 7.52. The van der Waals surface area contributed by atoms with Crippen LogP contribution >= 0.6 is 0 Å². The van der Waals surface area contributed by atoms with E-state index in [9.17, 15) is 0 Å². The van der Waals surface area contributed by atoms with Gasteiger partial charge in [0.25, 0.3) is 0 Å². The van der Waals surface area contributed by atoms with Crippen molar-refractivity contribution in [2.75, 3.05) is 0 Å². The van der Waals surface area contributed by atoms with Crippen molar-refractivity contribution in [1.29, 1.82) is 0 Å². The fourth-order valence-corrected chi connectivity index (χ4v) is 9.04. The average Bonchev–Trinajstić information content (AvgIpc) is 3.87. The van der Waals surface area contributed by atoms with Gasteiger partial charge in [0.15, 0.2) is 0 Å². The van der Waals surface area contributed by atoms with Crippen LogP contribution in [0.15, 0.2) is 176 Å². The van der Waals surface area contributed by atoms with Crippen LogP contribution in [-0.2, 0) is 25.8 Å². The Morgan fingerprint density at radius 3 is 2.00 bits per heavy atom. The van der Waals surface area contributed by atoms with Crippen LogP contribution in [0.3, 0.4) is 0 Å². The molecule has 270 valence electrons. The van der Waals surface area contributed by atoms with Gasteiger partial charge in [0, 0.05) is 46.7 Å². The van der Waals surface area contributed by atoms with E-state index < -0.39 is 5.41 Å². The number of fused-ring (bicyclic) bond motifs is 11. The molecule has 6 nitrogen and oxygen atoms in total. The van der Waals surface area contributed by atoms with Gasteiger partial charge in [-0.2, -0.15) is 6.07 Å². The van der Waals surface area contributed by atoms with E-state index in [4.69, 9.17) is 19.7 Å². The van der Waals surface area contributed by atoms with Gasteiger partial charge in [0.05, 0.1) is 27.8 Å². The van der Waals surface area contributed by atoms with Gasteiger partial charge in [0.2, 0.25) is 0 Å². The molecule has 0 spiro atoms. The SMILES string of the molecule is [Pd+2].[c-]1c(Oc2[c-]c3c(cc2)c2cccc4c2n3-c2ncccc2C4(c2ccccc2)c2ccccc2)ccc2c1c1nc(-c3ccccc3)cn1c1cccnc21. The van der Waals surface area contributed by atoms with Gasteiger partial charge in [-0.05, 0) is 40.3 Å². The molecule has 0 saturated heterocycles.